The van der Waals surface area contributed by atoms with E-state index in [9.17, 15) is 4.79 Å². The van der Waals surface area contributed by atoms with Crippen LogP contribution in [0, 0.1) is 0 Å². The van der Waals surface area contributed by atoms with Crippen molar-refractivity contribution in [2.75, 3.05) is 6.61 Å². The first kappa shape index (κ1) is 12.4. The van der Waals surface area contributed by atoms with Crippen LogP contribution in [0.25, 0.3) is 0 Å². The van der Waals surface area contributed by atoms with Crippen molar-refractivity contribution in [3.8, 4) is 0 Å². The van der Waals surface area contributed by atoms with Gasteiger partial charge in [-0.1, -0.05) is 19.3 Å². The maximum Gasteiger partial charge on any atom is 0.328 e. The first-order valence-corrected chi connectivity index (χ1v) is 6.71. The molecule has 4 heteroatoms. The first-order valence-electron chi connectivity index (χ1n) is 6.71. The van der Waals surface area contributed by atoms with E-state index in [1.54, 1.807) is 4.57 Å². The first-order chi connectivity index (χ1) is 8.33. The summed E-state index contributed by atoms with van der Waals surface area (Å²) in [5.74, 6) is 0. The third kappa shape index (κ3) is 3.00. The minimum Gasteiger partial charge on any atom is -0.396 e. The number of aliphatic hydroxyl groups excluding tert-OH is 1. The summed E-state index contributed by atoms with van der Waals surface area (Å²) < 4.78 is 3.67. The fourth-order valence-electron chi connectivity index (χ4n) is 2.63. The number of imidazole rings is 1. The van der Waals surface area contributed by atoms with Crippen molar-refractivity contribution in [3.05, 3.63) is 22.9 Å². The zero-order chi connectivity index (χ0) is 12.1. The largest absolute Gasteiger partial charge is 0.396 e. The highest BCUT2D eigenvalue weighted by Crippen LogP contribution is 2.26. The fourth-order valence-corrected chi connectivity index (χ4v) is 2.63. The summed E-state index contributed by atoms with van der Waals surface area (Å²) >= 11 is 0. The standard InChI is InChI=1S/C13H22N2O2/c16-11-5-4-8-14-9-10-15(13(14)17)12-6-2-1-3-7-12/h9-10,12,16H,1-8,11H2. The SMILES string of the molecule is O=c1n(CCCCO)ccn1C1CCCCC1. The molecule has 0 atom stereocenters. The molecule has 2 rings (SSSR count). The Morgan fingerprint density at radius 2 is 1.94 bits per heavy atom. The monoisotopic (exact) mass is 238 g/mol. The zero-order valence-corrected chi connectivity index (χ0v) is 10.3. The van der Waals surface area contributed by atoms with E-state index in [-0.39, 0.29) is 12.3 Å². The van der Waals surface area contributed by atoms with Crippen molar-refractivity contribution >= 4 is 0 Å². The molecule has 0 radical (unpaired) electrons. The van der Waals surface area contributed by atoms with Crippen LogP contribution in [-0.2, 0) is 6.54 Å². The molecule has 0 aliphatic heterocycles. The number of hydrogen-bond donors (Lipinski definition) is 1. The van der Waals surface area contributed by atoms with Crippen LogP contribution in [0.5, 0.6) is 0 Å². The molecule has 1 N–H and O–H groups in total. The number of aryl methyl sites for hydroxylation is 1. The normalized spacial score (nSPS) is 17.5. The second kappa shape index (κ2) is 6.05. The minimum atomic E-state index is 0.120. The molecule has 0 aromatic carbocycles. The number of aromatic nitrogens is 2. The number of hydrogen-bond acceptors (Lipinski definition) is 2. The molecule has 0 amide bonds. The molecule has 96 valence electrons. The van der Waals surface area contributed by atoms with Crippen LogP contribution >= 0.6 is 0 Å². The fraction of sp³-hybridized carbons (Fsp3) is 0.769. The van der Waals surface area contributed by atoms with Gasteiger partial charge in [0.05, 0.1) is 0 Å². The lowest BCUT2D eigenvalue weighted by atomic mass is 9.95. The Hall–Kier alpha value is -1.03. The van der Waals surface area contributed by atoms with Gasteiger partial charge in [0.25, 0.3) is 0 Å². The number of rotatable bonds is 5. The van der Waals surface area contributed by atoms with Crippen molar-refractivity contribution in [1.82, 2.24) is 9.13 Å². The molecule has 1 aliphatic carbocycles. The Balaban J connectivity index is 2.01. The van der Waals surface area contributed by atoms with Crippen molar-refractivity contribution in [2.24, 2.45) is 0 Å². The number of unbranched alkanes of at least 4 members (excludes halogenated alkanes) is 1. The van der Waals surface area contributed by atoms with Crippen molar-refractivity contribution < 1.29 is 5.11 Å². The molecule has 1 heterocycles. The lowest BCUT2D eigenvalue weighted by molar-refractivity contribution is 0.280. The molecule has 0 spiro atoms. The summed E-state index contributed by atoms with van der Waals surface area (Å²) in [5, 5.41) is 8.73. The van der Waals surface area contributed by atoms with Crippen LogP contribution < -0.4 is 5.69 Å². The van der Waals surface area contributed by atoms with E-state index in [1.807, 2.05) is 17.0 Å². The van der Waals surface area contributed by atoms with E-state index in [0.717, 1.165) is 32.2 Å². The quantitative estimate of drug-likeness (QED) is 0.797. The van der Waals surface area contributed by atoms with Gasteiger partial charge in [-0.3, -0.25) is 9.13 Å². The van der Waals surface area contributed by atoms with E-state index >= 15 is 0 Å². The van der Waals surface area contributed by atoms with Crippen molar-refractivity contribution in [1.29, 1.82) is 0 Å². The predicted molar refractivity (Wildman–Crippen MR) is 67.1 cm³/mol. The van der Waals surface area contributed by atoms with Gasteiger partial charge in [0.2, 0.25) is 0 Å². The van der Waals surface area contributed by atoms with Crippen LogP contribution in [0.2, 0.25) is 0 Å². The third-order valence-electron chi connectivity index (χ3n) is 3.65. The summed E-state index contributed by atoms with van der Waals surface area (Å²) in [6.07, 6.45) is 11.5. The molecule has 17 heavy (non-hydrogen) atoms. The summed E-state index contributed by atoms with van der Waals surface area (Å²) in [5.41, 5.74) is 0.120. The van der Waals surface area contributed by atoms with Crippen LogP contribution in [0.3, 0.4) is 0 Å². The molecule has 1 aromatic heterocycles. The van der Waals surface area contributed by atoms with Gasteiger partial charge in [-0.05, 0) is 25.7 Å². The molecule has 1 aromatic rings. The van der Waals surface area contributed by atoms with Gasteiger partial charge >= 0.3 is 5.69 Å². The second-order valence-corrected chi connectivity index (χ2v) is 4.90. The van der Waals surface area contributed by atoms with Crippen LogP contribution in [0.15, 0.2) is 17.2 Å². The summed E-state index contributed by atoms with van der Waals surface area (Å²) in [6.45, 7) is 0.928. The van der Waals surface area contributed by atoms with E-state index in [1.165, 1.54) is 19.3 Å². The molecular formula is C13H22N2O2. The predicted octanol–water partition coefficient (Wildman–Crippen LogP) is 1.93. The Bertz CT molecular complexity index is 388. The average molecular weight is 238 g/mol. The highest BCUT2D eigenvalue weighted by molar-refractivity contribution is 4.86. The van der Waals surface area contributed by atoms with Gasteiger partial charge in [0.1, 0.15) is 0 Å². The summed E-state index contributed by atoms with van der Waals surface area (Å²) in [6, 6.07) is 0.412. The Labute approximate surface area is 102 Å². The van der Waals surface area contributed by atoms with Gasteiger partial charge in [0.15, 0.2) is 0 Å². The van der Waals surface area contributed by atoms with Crippen molar-refractivity contribution in [3.63, 3.8) is 0 Å². The molecule has 4 nitrogen and oxygen atoms in total. The second-order valence-electron chi connectivity index (χ2n) is 4.90. The Kier molecular flexibility index (Phi) is 4.42. The van der Waals surface area contributed by atoms with Gasteiger partial charge < -0.3 is 5.11 Å². The van der Waals surface area contributed by atoms with E-state index in [2.05, 4.69) is 0 Å². The maximum atomic E-state index is 12.1. The lowest BCUT2D eigenvalue weighted by Crippen LogP contribution is -2.28. The molecule has 0 saturated heterocycles. The highest BCUT2D eigenvalue weighted by atomic mass is 16.2. The highest BCUT2D eigenvalue weighted by Gasteiger charge is 2.17. The van der Waals surface area contributed by atoms with Gasteiger partial charge in [-0.25, -0.2) is 4.79 Å². The van der Waals surface area contributed by atoms with Crippen LogP contribution in [-0.4, -0.2) is 20.8 Å². The summed E-state index contributed by atoms with van der Waals surface area (Å²) in [7, 11) is 0. The summed E-state index contributed by atoms with van der Waals surface area (Å²) in [4.78, 5) is 12.1. The maximum absolute atomic E-state index is 12.1. The van der Waals surface area contributed by atoms with Crippen LogP contribution in [0.4, 0.5) is 0 Å². The van der Waals surface area contributed by atoms with Crippen molar-refractivity contribution in [2.45, 2.75) is 57.5 Å². The molecule has 0 unspecified atom stereocenters. The average Bonchev–Trinajstić information content (AvgIpc) is 2.73. The Morgan fingerprint density at radius 3 is 2.65 bits per heavy atom. The minimum absolute atomic E-state index is 0.120. The van der Waals surface area contributed by atoms with Crippen LogP contribution in [0.1, 0.15) is 51.0 Å². The molecule has 0 bridgehead atoms. The topological polar surface area (TPSA) is 47.2 Å². The molecule has 1 fully saturated rings. The molecule has 1 aliphatic rings. The molecule has 1 saturated carbocycles. The zero-order valence-electron chi connectivity index (χ0n) is 10.3. The smallest absolute Gasteiger partial charge is 0.328 e. The Morgan fingerprint density at radius 1 is 1.18 bits per heavy atom. The molecular weight excluding hydrogens is 216 g/mol. The van der Waals surface area contributed by atoms with Gasteiger partial charge in [-0.2, -0.15) is 0 Å². The van der Waals surface area contributed by atoms with Gasteiger partial charge in [0, 0.05) is 31.6 Å². The van der Waals surface area contributed by atoms with E-state index in [4.69, 9.17) is 5.11 Å². The third-order valence-corrected chi connectivity index (χ3v) is 3.65. The number of nitrogens with zero attached hydrogens (tertiary/aromatic N) is 2. The van der Waals surface area contributed by atoms with E-state index in [0.29, 0.717) is 6.04 Å². The van der Waals surface area contributed by atoms with Gasteiger partial charge in [-0.15, -0.1) is 0 Å². The number of aliphatic hydroxyl groups is 1. The lowest BCUT2D eigenvalue weighted by Gasteiger charge is -2.22. The van der Waals surface area contributed by atoms with E-state index < -0.39 is 0 Å².